The molecule has 0 unspecified atom stereocenters. The molecule has 82 valence electrons. The van der Waals surface area contributed by atoms with Crippen LogP contribution in [-0.2, 0) is 0 Å². The van der Waals surface area contributed by atoms with Gasteiger partial charge in [-0.25, -0.2) is 0 Å². The van der Waals surface area contributed by atoms with E-state index in [4.69, 9.17) is 4.74 Å². The van der Waals surface area contributed by atoms with Crippen LogP contribution in [0.15, 0.2) is 36.4 Å². The first-order valence-corrected chi connectivity index (χ1v) is 5.02. The van der Waals surface area contributed by atoms with Gasteiger partial charge in [-0.05, 0) is 31.2 Å². The van der Waals surface area contributed by atoms with E-state index in [2.05, 4.69) is 4.98 Å². The SMILES string of the molecule is COc1ccc(-c2cccc(C)n2)c(O)c1. The third kappa shape index (κ3) is 1.98. The van der Waals surface area contributed by atoms with Crippen molar-refractivity contribution in [1.82, 2.24) is 4.98 Å². The van der Waals surface area contributed by atoms with Crippen molar-refractivity contribution in [3.63, 3.8) is 0 Å². The number of pyridine rings is 1. The maximum atomic E-state index is 9.85. The van der Waals surface area contributed by atoms with E-state index in [1.165, 1.54) is 0 Å². The highest BCUT2D eigenvalue weighted by Crippen LogP contribution is 2.31. The summed E-state index contributed by atoms with van der Waals surface area (Å²) in [6.07, 6.45) is 0. The standard InChI is InChI=1S/C13H13NO2/c1-9-4-3-5-12(14-9)11-7-6-10(16-2)8-13(11)15/h3-8,15H,1-2H3. The van der Waals surface area contributed by atoms with Crippen molar-refractivity contribution in [3.05, 3.63) is 42.1 Å². The summed E-state index contributed by atoms with van der Waals surface area (Å²) >= 11 is 0. The molecule has 0 spiro atoms. The van der Waals surface area contributed by atoms with Crippen LogP contribution in [0.1, 0.15) is 5.69 Å². The predicted octanol–water partition coefficient (Wildman–Crippen LogP) is 2.77. The highest BCUT2D eigenvalue weighted by Gasteiger charge is 2.06. The molecule has 0 radical (unpaired) electrons. The van der Waals surface area contributed by atoms with Crippen molar-refractivity contribution in [2.45, 2.75) is 6.92 Å². The van der Waals surface area contributed by atoms with Crippen LogP contribution in [-0.4, -0.2) is 17.2 Å². The molecule has 0 bridgehead atoms. The second-order valence-electron chi connectivity index (χ2n) is 3.55. The van der Waals surface area contributed by atoms with E-state index in [-0.39, 0.29) is 5.75 Å². The number of ether oxygens (including phenoxy) is 1. The Hall–Kier alpha value is -2.03. The molecule has 0 aliphatic rings. The summed E-state index contributed by atoms with van der Waals surface area (Å²) in [6.45, 7) is 1.92. The third-order valence-corrected chi connectivity index (χ3v) is 2.37. The fourth-order valence-electron chi connectivity index (χ4n) is 1.55. The van der Waals surface area contributed by atoms with Gasteiger partial charge in [-0.2, -0.15) is 0 Å². The van der Waals surface area contributed by atoms with E-state index >= 15 is 0 Å². The molecular weight excluding hydrogens is 202 g/mol. The van der Waals surface area contributed by atoms with Gasteiger partial charge in [-0.15, -0.1) is 0 Å². The lowest BCUT2D eigenvalue weighted by Gasteiger charge is -2.06. The smallest absolute Gasteiger partial charge is 0.128 e. The lowest BCUT2D eigenvalue weighted by atomic mass is 10.1. The van der Waals surface area contributed by atoms with Gasteiger partial charge in [0, 0.05) is 17.3 Å². The van der Waals surface area contributed by atoms with Gasteiger partial charge in [-0.1, -0.05) is 6.07 Å². The minimum absolute atomic E-state index is 0.178. The van der Waals surface area contributed by atoms with E-state index in [0.29, 0.717) is 11.3 Å². The number of methoxy groups -OCH3 is 1. The van der Waals surface area contributed by atoms with Crippen LogP contribution in [0.25, 0.3) is 11.3 Å². The van der Waals surface area contributed by atoms with E-state index in [0.717, 1.165) is 11.4 Å². The minimum Gasteiger partial charge on any atom is -0.507 e. The summed E-state index contributed by atoms with van der Waals surface area (Å²) in [6, 6.07) is 10.9. The number of benzene rings is 1. The summed E-state index contributed by atoms with van der Waals surface area (Å²) in [4.78, 5) is 4.36. The molecule has 1 heterocycles. The zero-order valence-electron chi connectivity index (χ0n) is 9.27. The maximum Gasteiger partial charge on any atom is 0.128 e. The topological polar surface area (TPSA) is 42.4 Å². The van der Waals surface area contributed by atoms with Gasteiger partial charge in [0.05, 0.1) is 12.8 Å². The van der Waals surface area contributed by atoms with E-state index < -0.39 is 0 Å². The van der Waals surface area contributed by atoms with Gasteiger partial charge in [0.1, 0.15) is 11.5 Å². The van der Waals surface area contributed by atoms with Crippen molar-refractivity contribution < 1.29 is 9.84 Å². The van der Waals surface area contributed by atoms with Crippen LogP contribution in [0.4, 0.5) is 0 Å². The van der Waals surface area contributed by atoms with Crippen LogP contribution in [0, 0.1) is 6.92 Å². The molecule has 0 saturated heterocycles. The van der Waals surface area contributed by atoms with E-state index in [1.807, 2.05) is 25.1 Å². The molecular formula is C13H13NO2. The maximum absolute atomic E-state index is 9.85. The molecule has 1 N–H and O–H groups in total. The third-order valence-electron chi connectivity index (χ3n) is 2.37. The van der Waals surface area contributed by atoms with Crippen LogP contribution in [0.5, 0.6) is 11.5 Å². The van der Waals surface area contributed by atoms with Gasteiger partial charge in [0.25, 0.3) is 0 Å². The number of phenols is 1. The van der Waals surface area contributed by atoms with Crippen molar-refractivity contribution in [1.29, 1.82) is 0 Å². The number of aryl methyl sites for hydroxylation is 1. The molecule has 16 heavy (non-hydrogen) atoms. The fraction of sp³-hybridized carbons (Fsp3) is 0.154. The van der Waals surface area contributed by atoms with Crippen molar-refractivity contribution in [2.75, 3.05) is 7.11 Å². The molecule has 0 saturated carbocycles. The van der Waals surface area contributed by atoms with Crippen molar-refractivity contribution in [3.8, 4) is 22.8 Å². The minimum atomic E-state index is 0.178. The highest BCUT2D eigenvalue weighted by atomic mass is 16.5. The van der Waals surface area contributed by atoms with E-state index in [9.17, 15) is 5.11 Å². The number of aromatic hydroxyl groups is 1. The van der Waals surface area contributed by atoms with Gasteiger partial charge in [0.2, 0.25) is 0 Å². The number of hydrogen-bond donors (Lipinski definition) is 1. The van der Waals surface area contributed by atoms with Gasteiger partial charge in [-0.3, -0.25) is 4.98 Å². The van der Waals surface area contributed by atoms with Gasteiger partial charge >= 0.3 is 0 Å². The second kappa shape index (κ2) is 4.23. The monoisotopic (exact) mass is 215 g/mol. The van der Waals surface area contributed by atoms with Crippen LogP contribution in [0.2, 0.25) is 0 Å². The molecule has 1 aromatic carbocycles. The zero-order chi connectivity index (χ0) is 11.5. The number of hydrogen-bond acceptors (Lipinski definition) is 3. The molecule has 3 heteroatoms. The summed E-state index contributed by atoms with van der Waals surface area (Å²) in [5.41, 5.74) is 2.40. The van der Waals surface area contributed by atoms with Crippen LogP contribution >= 0.6 is 0 Å². The number of nitrogens with zero attached hydrogens (tertiary/aromatic N) is 1. The zero-order valence-corrected chi connectivity index (χ0v) is 9.27. The number of rotatable bonds is 2. The lowest BCUT2D eigenvalue weighted by Crippen LogP contribution is -1.88. The average Bonchev–Trinajstić information content (AvgIpc) is 2.28. The number of phenolic OH excluding ortho intramolecular Hbond substituents is 1. The fourth-order valence-corrected chi connectivity index (χ4v) is 1.55. The molecule has 2 rings (SSSR count). The van der Waals surface area contributed by atoms with Crippen LogP contribution in [0.3, 0.4) is 0 Å². The molecule has 1 aromatic heterocycles. The molecule has 0 aliphatic carbocycles. The Morgan fingerprint density at radius 2 is 2.00 bits per heavy atom. The normalized spacial score (nSPS) is 10.1. The summed E-state index contributed by atoms with van der Waals surface area (Å²) < 4.78 is 5.03. The largest absolute Gasteiger partial charge is 0.507 e. The highest BCUT2D eigenvalue weighted by molar-refractivity contribution is 5.68. The van der Waals surface area contributed by atoms with Crippen molar-refractivity contribution >= 4 is 0 Å². The Balaban J connectivity index is 2.48. The molecule has 0 atom stereocenters. The van der Waals surface area contributed by atoms with E-state index in [1.54, 1.807) is 25.3 Å². The molecule has 0 aliphatic heterocycles. The van der Waals surface area contributed by atoms with Gasteiger partial charge < -0.3 is 9.84 Å². The average molecular weight is 215 g/mol. The Bertz CT molecular complexity index is 509. The summed E-state index contributed by atoms with van der Waals surface area (Å²) in [5.74, 6) is 0.811. The predicted molar refractivity (Wildman–Crippen MR) is 62.6 cm³/mol. The molecule has 3 nitrogen and oxygen atoms in total. The molecule has 0 amide bonds. The molecule has 0 fully saturated rings. The first-order chi connectivity index (χ1) is 7.70. The Labute approximate surface area is 94.3 Å². The van der Waals surface area contributed by atoms with Crippen molar-refractivity contribution in [2.24, 2.45) is 0 Å². The first kappa shape index (κ1) is 10.5. The Kier molecular flexibility index (Phi) is 2.77. The Morgan fingerprint density at radius 3 is 2.62 bits per heavy atom. The first-order valence-electron chi connectivity index (χ1n) is 5.02. The van der Waals surface area contributed by atoms with Gasteiger partial charge in [0.15, 0.2) is 0 Å². The summed E-state index contributed by atoms with van der Waals surface area (Å²) in [5, 5.41) is 9.85. The number of aromatic nitrogens is 1. The quantitative estimate of drug-likeness (QED) is 0.837. The second-order valence-corrected chi connectivity index (χ2v) is 3.55. The van der Waals surface area contributed by atoms with Crippen LogP contribution < -0.4 is 4.74 Å². The molecule has 2 aromatic rings. The Morgan fingerprint density at radius 1 is 1.19 bits per heavy atom. The summed E-state index contributed by atoms with van der Waals surface area (Å²) in [7, 11) is 1.57. The lowest BCUT2D eigenvalue weighted by molar-refractivity contribution is 0.408.